The molecule has 0 radical (unpaired) electrons. The van der Waals surface area contributed by atoms with Crippen LogP contribution in [0.5, 0.6) is 0 Å². The van der Waals surface area contributed by atoms with Gasteiger partial charge in [-0.1, -0.05) is 11.6 Å². The number of fused-ring (bicyclic) bond motifs is 1. The van der Waals surface area contributed by atoms with Gasteiger partial charge in [-0.05, 0) is 73.5 Å². The van der Waals surface area contributed by atoms with Crippen LogP contribution in [0.4, 0.5) is 11.4 Å². The van der Waals surface area contributed by atoms with Crippen molar-refractivity contribution in [2.75, 3.05) is 21.9 Å². The number of rotatable bonds is 4. The zero-order valence-electron chi connectivity index (χ0n) is 17.6. The van der Waals surface area contributed by atoms with Crippen LogP contribution in [0.1, 0.15) is 23.2 Å². The minimum atomic E-state index is -3.29. The highest BCUT2D eigenvalue weighted by molar-refractivity contribution is 7.92. The van der Waals surface area contributed by atoms with Crippen molar-refractivity contribution in [1.29, 1.82) is 0 Å². The van der Waals surface area contributed by atoms with Crippen molar-refractivity contribution < 1.29 is 13.2 Å². The van der Waals surface area contributed by atoms with Crippen LogP contribution in [-0.2, 0) is 10.0 Å². The number of carbonyl (C=O) groups excluding carboxylic acids is 1. The number of aromatic nitrogens is 2. The van der Waals surface area contributed by atoms with Crippen molar-refractivity contribution in [3.8, 4) is 11.3 Å². The van der Waals surface area contributed by atoms with Crippen LogP contribution in [0.2, 0.25) is 5.02 Å². The third-order valence-electron chi connectivity index (χ3n) is 5.68. The molecule has 4 aromatic rings. The number of pyridine rings is 1. The molecule has 0 aliphatic carbocycles. The molecule has 0 unspecified atom stereocenters. The van der Waals surface area contributed by atoms with Crippen LogP contribution in [0.15, 0.2) is 66.9 Å². The fraction of sp³-hybridized carbons (Fsp3) is 0.167. The summed E-state index contributed by atoms with van der Waals surface area (Å²) in [7, 11) is -3.29. The molecule has 1 aliphatic rings. The first-order chi connectivity index (χ1) is 15.9. The lowest BCUT2D eigenvalue weighted by Crippen LogP contribution is -2.37. The van der Waals surface area contributed by atoms with Gasteiger partial charge in [0.05, 0.1) is 22.2 Å². The summed E-state index contributed by atoms with van der Waals surface area (Å²) in [5, 5.41) is 4.40. The van der Waals surface area contributed by atoms with Gasteiger partial charge in [-0.15, -0.1) is 0 Å². The average Bonchev–Trinajstić information content (AvgIpc) is 3.28. The molecule has 9 heteroatoms. The van der Waals surface area contributed by atoms with Gasteiger partial charge in [-0.3, -0.25) is 9.10 Å². The second-order valence-electron chi connectivity index (χ2n) is 7.90. The highest BCUT2D eigenvalue weighted by atomic mass is 35.5. The van der Waals surface area contributed by atoms with E-state index in [1.807, 2.05) is 24.4 Å². The molecule has 7 nitrogen and oxygen atoms in total. The average molecular weight is 481 g/mol. The summed E-state index contributed by atoms with van der Waals surface area (Å²) < 4.78 is 26.0. The number of nitrogens with one attached hydrogen (secondary N) is 2. The summed E-state index contributed by atoms with van der Waals surface area (Å²) in [4.78, 5) is 20.5. The van der Waals surface area contributed by atoms with Gasteiger partial charge in [-0.25, -0.2) is 13.4 Å². The first-order valence-electron chi connectivity index (χ1n) is 10.6. The molecule has 2 N–H and O–H groups in total. The number of benzene rings is 2. The van der Waals surface area contributed by atoms with E-state index in [1.165, 1.54) is 4.31 Å². The number of amides is 1. The summed E-state index contributed by atoms with van der Waals surface area (Å²) in [6.45, 7) is 0.462. The second kappa shape index (κ2) is 8.53. The molecule has 5 rings (SSSR count). The molecule has 33 heavy (non-hydrogen) atoms. The zero-order valence-corrected chi connectivity index (χ0v) is 19.2. The lowest BCUT2D eigenvalue weighted by Gasteiger charge is -2.28. The van der Waals surface area contributed by atoms with E-state index in [1.54, 1.807) is 42.5 Å². The van der Waals surface area contributed by atoms with Gasteiger partial charge in [0.1, 0.15) is 5.65 Å². The Morgan fingerprint density at radius 2 is 1.85 bits per heavy atom. The number of aromatic amines is 1. The highest BCUT2D eigenvalue weighted by Gasteiger charge is 2.26. The molecular weight excluding hydrogens is 460 g/mol. The van der Waals surface area contributed by atoms with E-state index in [0.29, 0.717) is 46.2 Å². The van der Waals surface area contributed by atoms with E-state index in [0.717, 1.165) is 17.5 Å². The van der Waals surface area contributed by atoms with E-state index >= 15 is 0 Å². The fourth-order valence-corrected chi connectivity index (χ4v) is 5.79. The maximum Gasteiger partial charge on any atom is 0.255 e. The Morgan fingerprint density at radius 1 is 1.03 bits per heavy atom. The third kappa shape index (κ3) is 4.31. The molecular formula is C24H21ClN4O3S. The SMILES string of the molecule is O=C(Nc1ccc(Cl)c(-c2ccc3cc[nH]c3n2)c1)c1ccc(N2CCCCS2(=O)=O)cc1. The largest absolute Gasteiger partial charge is 0.346 e. The van der Waals surface area contributed by atoms with Crippen molar-refractivity contribution in [3.05, 3.63) is 77.4 Å². The van der Waals surface area contributed by atoms with Gasteiger partial charge in [0.25, 0.3) is 5.91 Å². The van der Waals surface area contributed by atoms with E-state index in [9.17, 15) is 13.2 Å². The number of H-pyrrole nitrogens is 1. The summed E-state index contributed by atoms with van der Waals surface area (Å²) in [5.74, 6) is -0.149. The summed E-state index contributed by atoms with van der Waals surface area (Å²) >= 11 is 6.41. The molecule has 168 valence electrons. The Kier molecular flexibility index (Phi) is 5.55. The van der Waals surface area contributed by atoms with Crippen LogP contribution < -0.4 is 9.62 Å². The molecule has 3 heterocycles. The summed E-state index contributed by atoms with van der Waals surface area (Å²) in [6.07, 6.45) is 3.33. The summed E-state index contributed by atoms with van der Waals surface area (Å²) in [6, 6.07) is 17.6. The minimum absolute atomic E-state index is 0.153. The van der Waals surface area contributed by atoms with E-state index in [4.69, 9.17) is 11.6 Å². The van der Waals surface area contributed by atoms with Crippen molar-refractivity contribution in [2.45, 2.75) is 12.8 Å². The van der Waals surface area contributed by atoms with Crippen LogP contribution in [0, 0.1) is 0 Å². The molecule has 1 saturated heterocycles. The summed E-state index contributed by atoms with van der Waals surface area (Å²) in [5.41, 5.74) is 3.74. The number of sulfonamides is 1. The van der Waals surface area contributed by atoms with Gasteiger partial charge >= 0.3 is 0 Å². The van der Waals surface area contributed by atoms with Crippen LogP contribution in [0.3, 0.4) is 0 Å². The Morgan fingerprint density at radius 3 is 2.64 bits per heavy atom. The predicted octanol–water partition coefficient (Wildman–Crippen LogP) is 5.07. The van der Waals surface area contributed by atoms with E-state index in [-0.39, 0.29) is 11.7 Å². The fourth-order valence-electron chi connectivity index (χ4n) is 3.94. The molecule has 1 amide bonds. The first-order valence-corrected chi connectivity index (χ1v) is 12.6. The predicted molar refractivity (Wildman–Crippen MR) is 131 cm³/mol. The van der Waals surface area contributed by atoms with Gasteiger partial charge in [0.2, 0.25) is 10.0 Å². The molecule has 1 fully saturated rings. The van der Waals surface area contributed by atoms with Gasteiger partial charge in [0, 0.05) is 34.9 Å². The minimum Gasteiger partial charge on any atom is -0.346 e. The number of anilines is 2. The van der Waals surface area contributed by atoms with E-state index < -0.39 is 10.0 Å². The second-order valence-corrected chi connectivity index (χ2v) is 10.3. The van der Waals surface area contributed by atoms with Crippen molar-refractivity contribution in [1.82, 2.24) is 9.97 Å². The molecule has 2 aromatic carbocycles. The first kappa shape index (κ1) is 21.5. The monoisotopic (exact) mass is 480 g/mol. The quantitative estimate of drug-likeness (QED) is 0.426. The molecule has 0 spiro atoms. The maximum absolute atomic E-state index is 12.8. The van der Waals surface area contributed by atoms with Crippen molar-refractivity contribution in [2.24, 2.45) is 0 Å². The van der Waals surface area contributed by atoms with E-state index in [2.05, 4.69) is 15.3 Å². The smallest absolute Gasteiger partial charge is 0.255 e. The van der Waals surface area contributed by atoms with Crippen molar-refractivity contribution >= 4 is 49.9 Å². The topological polar surface area (TPSA) is 95.2 Å². The number of nitrogens with zero attached hydrogens (tertiary/aromatic N) is 2. The van der Waals surface area contributed by atoms with Gasteiger partial charge in [0.15, 0.2) is 0 Å². The standard InChI is InChI=1S/C24H21ClN4O3S/c25-21-9-6-18(15-20(21)22-10-5-16-11-12-26-23(16)28-22)27-24(30)17-3-7-19(8-4-17)29-13-1-2-14-33(29,31)32/h3-12,15H,1-2,13-14H2,(H,26,28)(H,27,30). The normalized spacial score (nSPS) is 15.5. The third-order valence-corrected chi connectivity index (χ3v) is 7.88. The lowest BCUT2D eigenvalue weighted by molar-refractivity contribution is 0.102. The van der Waals surface area contributed by atoms with Crippen LogP contribution >= 0.6 is 11.6 Å². The van der Waals surface area contributed by atoms with Crippen molar-refractivity contribution in [3.63, 3.8) is 0 Å². The zero-order chi connectivity index (χ0) is 23.0. The lowest BCUT2D eigenvalue weighted by atomic mass is 10.1. The van der Waals surface area contributed by atoms with Crippen LogP contribution in [-0.4, -0.2) is 36.6 Å². The van der Waals surface area contributed by atoms with Crippen LogP contribution in [0.25, 0.3) is 22.3 Å². The number of carbonyl (C=O) groups is 1. The Labute approximate surface area is 196 Å². The Hall–Kier alpha value is -3.36. The molecule has 1 aliphatic heterocycles. The molecule has 0 saturated carbocycles. The maximum atomic E-state index is 12.8. The number of hydrogen-bond acceptors (Lipinski definition) is 4. The molecule has 0 atom stereocenters. The highest BCUT2D eigenvalue weighted by Crippen LogP contribution is 2.31. The Balaban J connectivity index is 1.36. The number of hydrogen-bond donors (Lipinski definition) is 2. The molecule has 0 bridgehead atoms. The van der Waals surface area contributed by atoms with Gasteiger partial charge < -0.3 is 10.3 Å². The van der Waals surface area contributed by atoms with Gasteiger partial charge in [-0.2, -0.15) is 0 Å². The molecule has 2 aromatic heterocycles. The Bertz CT molecular complexity index is 1450. The number of halogens is 1.